The van der Waals surface area contributed by atoms with Gasteiger partial charge in [-0.2, -0.15) is 0 Å². The fraction of sp³-hybridized carbons (Fsp3) is 0.462. The van der Waals surface area contributed by atoms with E-state index in [0.717, 1.165) is 24.2 Å². The van der Waals surface area contributed by atoms with E-state index < -0.39 is 17.1 Å². The first kappa shape index (κ1) is 13.8. The minimum absolute atomic E-state index is 0.0654. The molecule has 5 heteroatoms. The van der Waals surface area contributed by atoms with Crippen LogP contribution in [0.15, 0.2) is 36.3 Å². The third-order valence-electron chi connectivity index (χ3n) is 8.80. The molecule has 3 heterocycles. The van der Waals surface area contributed by atoms with Crippen LogP contribution >= 0.6 is 0 Å². The number of hydrogen-bond donors (Lipinski definition) is 3. The van der Waals surface area contributed by atoms with Crippen LogP contribution in [0.5, 0.6) is 11.5 Å². The first-order chi connectivity index (χ1) is 16.8. The van der Waals surface area contributed by atoms with Crippen molar-refractivity contribution >= 4 is 10.9 Å². The molecule has 2 bridgehead atoms. The number of piperidine rings is 1. The molecule has 2 fully saturated rings. The molecule has 5 aliphatic rings. The molecule has 0 radical (unpaired) electrons. The number of phenols is 1. The Bertz CT molecular complexity index is 1480. The van der Waals surface area contributed by atoms with Gasteiger partial charge in [-0.3, -0.25) is 4.90 Å². The summed E-state index contributed by atoms with van der Waals surface area (Å²) in [5, 5.41) is 24.0. The summed E-state index contributed by atoms with van der Waals surface area (Å²) in [4.78, 5) is 5.76. The number of likely N-dealkylation sites (tertiary alicyclic amines) is 1. The molecule has 3 aliphatic carbocycles. The maximum atomic E-state index is 12.8. The van der Waals surface area contributed by atoms with Crippen molar-refractivity contribution < 1.29 is 20.4 Å². The highest BCUT2D eigenvalue weighted by Crippen LogP contribution is 2.69. The Labute approximate surface area is 186 Å². The average Bonchev–Trinajstić information content (AvgIpc) is 3.46. The van der Waals surface area contributed by atoms with E-state index in [1.54, 1.807) is 6.07 Å². The molecular weight excluding hydrogens is 388 g/mol. The van der Waals surface area contributed by atoms with Gasteiger partial charge in [0.05, 0.1) is 22.2 Å². The summed E-state index contributed by atoms with van der Waals surface area (Å²) in [5.41, 5.74) is 1.86. The Kier molecular flexibility index (Phi) is 2.35. The van der Waals surface area contributed by atoms with Gasteiger partial charge in [0, 0.05) is 35.5 Å². The molecule has 0 unspecified atom stereocenters. The molecule has 1 saturated heterocycles. The van der Waals surface area contributed by atoms with Gasteiger partial charge in [0.15, 0.2) is 17.6 Å². The molecule has 3 N–H and O–H groups in total. The number of phenolic OH excluding ortho intramolecular Hbond substituents is 1. The van der Waals surface area contributed by atoms with Crippen LogP contribution in [0.2, 0.25) is 0 Å². The van der Waals surface area contributed by atoms with E-state index in [2.05, 4.69) is 9.88 Å². The normalized spacial score (nSPS) is 36.8. The fourth-order valence-electron chi connectivity index (χ4n) is 7.32. The van der Waals surface area contributed by atoms with E-state index in [1.165, 1.54) is 12.8 Å². The molecule has 158 valence electrons. The molecule has 1 spiro atoms. The molecule has 0 amide bonds. The summed E-state index contributed by atoms with van der Waals surface area (Å²) < 4.78 is 40.1. The van der Waals surface area contributed by atoms with E-state index in [0.29, 0.717) is 46.7 Å². The van der Waals surface area contributed by atoms with Crippen molar-refractivity contribution in [2.24, 2.45) is 5.92 Å². The molecule has 5 nitrogen and oxygen atoms in total. The predicted octanol–water partition coefficient (Wildman–Crippen LogP) is 3.57. The first-order valence-corrected chi connectivity index (χ1v) is 11.4. The number of aliphatic hydroxyl groups is 1. The second-order valence-electron chi connectivity index (χ2n) is 10.2. The lowest BCUT2D eigenvalue weighted by Crippen LogP contribution is -2.74. The molecule has 8 rings (SSSR count). The number of nitrogens with one attached hydrogen (secondary N) is 1. The number of rotatable bonds is 2. The van der Waals surface area contributed by atoms with Crippen molar-refractivity contribution in [1.82, 2.24) is 9.88 Å². The largest absolute Gasteiger partial charge is 0.504 e. The zero-order chi connectivity index (χ0) is 24.0. The highest BCUT2D eigenvalue weighted by molar-refractivity contribution is 5.86. The van der Waals surface area contributed by atoms with Crippen molar-refractivity contribution in [2.45, 2.75) is 55.3 Å². The minimum Gasteiger partial charge on any atom is -0.504 e. The average molecular weight is 419 g/mol. The summed E-state index contributed by atoms with van der Waals surface area (Å²) >= 11 is 0. The van der Waals surface area contributed by atoms with Gasteiger partial charge < -0.3 is 19.9 Å². The standard InChI is InChI=1S/C26H26N2O3/c29-19-8-7-15-11-20-26(30)12-17-16-3-1-2-4-18(16)27-22(17)24-25(26,21(15)23(19)31-24)9-10-28(20)13-14-5-6-14/h1-4,7-8,14,20,24,27,29-30H,5-6,9-13H2/t20-,24+,25+,26-/m1/s1/i1D,2D,3D,4D. The summed E-state index contributed by atoms with van der Waals surface area (Å²) in [7, 11) is 0. The van der Waals surface area contributed by atoms with Gasteiger partial charge in [0.2, 0.25) is 0 Å². The maximum Gasteiger partial charge on any atom is 0.166 e. The summed E-state index contributed by atoms with van der Waals surface area (Å²) in [6.07, 6.45) is 3.50. The van der Waals surface area contributed by atoms with E-state index in [9.17, 15) is 10.2 Å². The van der Waals surface area contributed by atoms with Crippen LogP contribution < -0.4 is 4.74 Å². The van der Waals surface area contributed by atoms with Gasteiger partial charge in [-0.15, -0.1) is 0 Å². The lowest BCUT2D eigenvalue weighted by Gasteiger charge is -2.62. The number of aromatic hydroxyl groups is 1. The van der Waals surface area contributed by atoms with Crippen LogP contribution in [-0.2, 0) is 18.3 Å². The Morgan fingerprint density at radius 1 is 1.26 bits per heavy atom. The van der Waals surface area contributed by atoms with Crippen LogP contribution in [-0.4, -0.2) is 44.8 Å². The van der Waals surface area contributed by atoms with Gasteiger partial charge in [0.1, 0.15) is 0 Å². The van der Waals surface area contributed by atoms with Gasteiger partial charge in [-0.1, -0.05) is 24.2 Å². The first-order valence-electron chi connectivity index (χ1n) is 13.4. The molecule has 31 heavy (non-hydrogen) atoms. The Balaban J connectivity index is 1.44. The van der Waals surface area contributed by atoms with Crippen LogP contribution in [0.3, 0.4) is 0 Å². The van der Waals surface area contributed by atoms with Crippen molar-refractivity contribution in [3.05, 3.63) is 58.7 Å². The van der Waals surface area contributed by atoms with Crippen molar-refractivity contribution in [3.8, 4) is 11.5 Å². The quantitative estimate of drug-likeness (QED) is 0.595. The van der Waals surface area contributed by atoms with Crippen LogP contribution in [0.4, 0.5) is 0 Å². The molecular formula is C26H26N2O3. The van der Waals surface area contributed by atoms with Gasteiger partial charge >= 0.3 is 0 Å². The Morgan fingerprint density at radius 2 is 2.13 bits per heavy atom. The number of H-pyrrole nitrogens is 1. The Morgan fingerprint density at radius 3 is 3.00 bits per heavy atom. The molecule has 1 saturated carbocycles. The summed E-state index contributed by atoms with van der Waals surface area (Å²) in [6, 6.07) is 2.78. The van der Waals surface area contributed by atoms with E-state index in [-0.39, 0.29) is 42.4 Å². The van der Waals surface area contributed by atoms with Crippen molar-refractivity contribution in [2.75, 3.05) is 13.1 Å². The molecule has 1 aromatic heterocycles. The van der Waals surface area contributed by atoms with Gasteiger partial charge in [-0.05, 0) is 61.4 Å². The summed E-state index contributed by atoms with van der Waals surface area (Å²) in [6.45, 7) is 1.81. The lowest BCUT2D eigenvalue weighted by molar-refractivity contribution is -0.173. The van der Waals surface area contributed by atoms with Crippen LogP contribution in [0.25, 0.3) is 10.9 Å². The molecule has 2 aromatic carbocycles. The SMILES string of the molecule is [2H]c1c([2H])c([2H])c2c3c([nH]c2c1[2H])[C@@H]1Oc2c(O)ccc4c2[C@@]12CCN(CC1CC1)[C@H](C4)[C@]2(O)C3. The van der Waals surface area contributed by atoms with Gasteiger partial charge in [0.25, 0.3) is 0 Å². The summed E-state index contributed by atoms with van der Waals surface area (Å²) in [5.74, 6) is 1.18. The predicted molar refractivity (Wildman–Crippen MR) is 117 cm³/mol. The maximum absolute atomic E-state index is 12.8. The van der Waals surface area contributed by atoms with Gasteiger partial charge in [-0.25, -0.2) is 0 Å². The van der Waals surface area contributed by atoms with Crippen LogP contribution in [0, 0.1) is 5.92 Å². The highest BCUT2D eigenvalue weighted by Gasteiger charge is 2.72. The van der Waals surface area contributed by atoms with Crippen molar-refractivity contribution in [3.63, 3.8) is 0 Å². The smallest absolute Gasteiger partial charge is 0.166 e. The second kappa shape index (κ2) is 5.28. The second-order valence-corrected chi connectivity index (χ2v) is 10.2. The third kappa shape index (κ3) is 1.84. The number of benzene rings is 2. The fourth-order valence-corrected chi connectivity index (χ4v) is 7.32. The minimum atomic E-state index is -1.19. The number of nitrogens with zero attached hydrogens (tertiary/aromatic N) is 1. The number of para-hydroxylation sites is 1. The monoisotopic (exact) mass is 418 g/mol. The number of aromatic nitrogens is 1. The van der Waals surface area contributed by atoms with Crippen molar-refractivity contribution in [1.29, 1.82) is 0 Å². The topological polar surface area (TPSA) is 68.7 Å². The van der Waals surface area contributed by atoms with E-state index in [1.807, 2.05) is 6.07 Å². The van der Waals surface area contributed by atoms with Crippen LogP contribution in [0.1, 0.15) is 53.2 Å². The highest BCUT2D eigenvalue weighted by atomic mass is 16.5. The Hall–Kier alpha value is -2.50. The number of ether oxygens (including phenoxy) is 1. The lowest BCUT2D eigenvalue weighted by atomic mass is 9.49. The van der Waals surface area contributed by atoms with E-state index >= 15 is 0 Å². The molecule has 4 atom stereocenters. The zero-order valence-electron chi connectivity index (χ0n) is 21.1. The molecule has 2 aliphatic heterocycles. The third-order valence-corrected chi connectivity index (χ3v) is 8.80. The number of hydrogen-bond acceptors (Lipinski definition) is 4. The number of fused-ring (bicyclic) bond motifs is 4. The van der Waals surface area contributed by atoms with E-state index in [4.69, 9.17) is 10.2 Å². The molecule has 3 aromatic rings. The zero-order valence-corrected chi connectivity index (χ0v) is 17.1. The number of aromatic amines is 1.